The van der Waals surface area contributed by atoms with E-state index in [1.54, 1.807) is 14.2 Å². The fourth-order valence-corrected chi connectivity index (χ4v) is 3.09. The van der Waals surface area contributed by atoms with Crippen LogP contribution in [0, 0.1) is 13.8 Å². The molecule has 0 bridgehead atoms. The maximum Gasteiger partial charge on any atom is 0.143 e. The fourth-order valence-electron chi connectivity index (χ4n) is 3.09. The second kappa shape index (κ2) is 6.40. The number of ether oxygens (including phenoxy) is 2. The summed E-state index contributed by atoms with van der Waals surface area (Å²) in [6.45, 7) is 4.26. The van der Waals surface area contributed by atoms with E-state index in [1.165, 1.54) is 16.7 Å². The first-order chi connectivity index (χ1) is 11.6. The standard InChI is InChI=1S/C20H22N2O2/c1-13-7-6-8-14(2)19(13)17-12-21-20(22(17)3)16-10-9-15(23-4)11-18(16)24-5/h6-12H,1-5H3. The van der Waals surface area contributed by atoms with E-state index in [9.17, 15) is 0 Å². The number of aryl methyl sites for hydroxylation is 2. The molecule has 0 spiro atoms. The molecule has 0 aliphatic rings. The van der Waals surface area contributed by atoms with Crippen molar-refractivity contribution in [2.45, 2.75) is 13.8 Å². The molecule has 0 amide bonds. The lowest BCUT2D eigenvalue weighted by atomic mass is 10.0. The highest BCUT2D eigenvalue weighted by molar-refractivity contribution is 5.73. The molecule has 3 aromatic rings. The van der Waals surface area contributed by atoms with E-state index in [0.717, 1.165) is 28.6 Å². The number of nitrogens with zero attached hydrogens (tertiary/aromatic N) is 2. The lowest BCUT2D eigenvalue weighted by Crippen LogP contribution is -1.99. The molecular weight excluding hydrogens is 300 g/mol. The summed E-state index contributed by atoms with van der Waals surface area (Å²) < 4.78 is 12.9. The van der Waals surface area contributed by atoms with Crippen LogP contribution in [0.15, 0.2) is 42.6 Å². The van der Waals surface area contributed by atoms with Crippen molar-refractivity contribution in [3.8, 4) is 34.1 Å². The van der Waals surface area contributed by atoms with Crippen LogP contribution in [0.25, 0.3) is 22.6 Å². The van der Waals surface area contributed by atoms with Gasteiger partial charge in [-0.25, -0.2) is 4.98 Å². The Kier molecular flexibility index (Phi) is 4.30. The molecule has 3 rings (SSSR count). The second-order valence-electron chi connectivity index (χ2n) is 5.86. The van der Waals surface area contributed by atoms with Gasteiger partial charge in [0.15, 0.2) is 0 Å². The second-order valence-corrected chi connectivity index (χ2v) is 5.86. The van der Waals surface area contributed by atoms with Crippen LogP contribution in [0.4, 0.5) is 0 Å². The Bertz CT molecular complexity index is 861. The van der Waals surface area contributed by atoms with Gasteiger partial charge in [0.05, 0.1) is 31.7 Å². The number of aromatic nitrogens is 2. The number of benzene rings is 2. The maximum atomic E-state index is 5.53. The van der Waals surface area contributed by atoms with E-state index in [0.29, 0.717) is 0 Å². The number of hydrogen-bond donors (Lipinski definition) is 0. The topological polar surface area (TPSA) is 36.3 Å². The summed E-state index contributed by atoms with van der Waals surface area (Å²) in [7, 11) is 5.34. The smallest absolute Gasteiger partial charge is 0.143 e. The monoisotopic (exact) mass is 322 g/mol. The van der Waals surface area contributed by atoms with Crippen molar-refractivity contribution in [2.24, 2.45) is 7.05 Å². The molecule has 0 unspecified atom stereocenters. The van der Waals surface area contributed by atoms with Gasteiger partial charge in [0.1, 0.15) is 17.3 Å². The highest BCUT2D eigenvalue weighted by Gasteiger charge is 2.17. The summed E-state index contributed by atoms with van der Waals surface area (Å²) in [6, 6.07) is 12.1. The number of rotatable bonds is 4. The number of imidazole rings is 1. The Morgan fingerprint density at radius 1 is 0.958 bits per heavy atom. The molecule has 0 radical (unpaired) electrons. The normalized spacial score (nSPS) is 10.7. The van der Waals surface area contributed by atoms with Crippen molar-refractivity contribution in [2.75, 3.05) is 14.2 Å². The highest BCUT2D eigenvalue weighted by atomic mass is 16.5. The minimum atomic E-state index is 0.746. The first-order valence-corrected chi connectivity index (χ1v) is 7.87. The van der Waals surface area contributed by atoms with Crippen LogP contribution in [0.1, 0.15) is 11.1 Å². The molecule has 2 aromatic carbocycles. The van der Waals surface area contributed by atoms with E-state index in [-0.39, 0.29) is 0 Å². The van der Waals surface area contributed by atoms with Gasteiger partial charge in [-0.2, -0.15) is 0 Å². The summed E-state index contributed by atoms with van der Waals surface area (Å²) in [5.74, 6) is 2.38. The third kappa shape index (κ3) is 2.64. The molecule has 0 saturated carbocycles. The van der Waals surface area contributed by atoms with Crippen LogP contribution < -0.4 is 9.47 Å². The van der Waals surface area contributed by atoms with Gasteiger partial charge in [0.2, 0.25) is 0 Å². The van der Waals surface area contributed by atoms with Crippen molar-refractivity contribution in [3.05, 3.63) is 53.7 Å². The van der Waals surface area contributed by atoms with E-state index >= 15 is 0 Å². The fraction of sp³-hybridized carbons (Fsp3) is 0.250. The van der Waals surface area contributed by atoms with Crippen LogP contribution in [0.3, 0.4) is 0 Å². The predicted molar refractivity (Wildman–Crippen MR) is 96.7 cm³/mol. The largest absolute Gasteiger partial charge is 0.497 e. The predicted octanol–water partition coefficient (Wildman–Crippen LogP) is 4.39. The molecule has 0 saturated heterocycles. The van der Waals surface area contributed by atoms with Gasteiger partial charge in [0.25, 0.3) is 0 Å². The van der Waals surface area contributed by atoms with Gasteiger partial charge >= 0.3 is 0 Å². The lowest BCUT2D eigenvalue weighted by Gasteiger charge is -2.13. The molecule has 1 heterocycles. The van der Waals surface area contributed by atoms with E-state index in [4.69, 9.17) is 9.47 Å². The molecule has 124 valence electrons. The summed E-state index contributed by atoms with van der Waals surface area (Å²) in [4.78, 5) is 4.65. The van der Waals surface area contributed by atoms with Gasteiger partial charge in [0, 0.05) is 18.7 Å². The van der Waals surface area contributed by atoms with Crippen molar-refractivity contribution >= 4 is 0 Å². The zero-order valence-electron chi connectivity index (χ0n) is 14.8. The average molecular weight is 322 g/mol. The Hall–Kier alpha value is -2.75. The molecule has 4 heteroatoms. The maximum absolute atomic E-state index is 5.53. The molecule has 0 aliphatic heterocycles. The van der Waals surface area contributed by atoms with Gasteiger partial charge in [-0.1, -0.05) is 18.2 Å². The molecule has 0 fully saturated rings. The Morgan fingerprint density at radius 2 is 1.67 bits per heavy atom. The third-order valence-corrected chi connectivity index (χ3v) is 4.38. The zero-order valence-corrected chi connectivity index (χ0v) is 14.8. The molecule has 0 atom stereocenters. The summed E-state index contributed by atoms with van der Waals surface area (Å²) in [5.41, 5.74) is 5.75. The average Bonchev–Trinajstić information content (AvgIpc) is 2.95. The highest BCUT2D eigenvalue weighted by Crippen LogP contribution is 2.35. The first kappa shape index (κ1) is 16.1. The van der Waals surface area contributed by atoms with Crippen molar-refractivity contribution in [1.82, 2.24) is 9.55 Å². The SMILES string of the molecule is COc1ccc(-c2ncc(-c3c(C)cccc3C)n2C)c(OC)c1. The van der Waals surface area contributed by atoms with Gasteiger partial charge < -0.3 is 14.0 Å². The molecule has 24 heavy (non-hydrogen) atoms. The number of hydrogen-bond acceptors (Lipinski definition) is 3. The molecule has 0 aliphatic carbocycles. The van der Waals surface area contributed by atoms with Gasteiger partial charge in [-0.3, -0.25) is 0 Å². The quantitative estimate of drug-likeness (QED) is 0.715. The van der Waals surface area contributed by atoms with E-state index < -0.39 is 0 Å². The van der Waals surface area contributed by atoms with E-state index in [2.05, 4.69) is 41.6 Å². The van der Waals surface area contributed by atoms with Crippen LogP contribution in [0.2, 0.25) is 0 Å². The Labute approximate surface area is 142 Å². The third-order valence-electron chi connectivity index (χ3n) is 4.38. The van der Waals surface area contributed by atoms with Crippen LogP contribution in [-0.4, -0.2) is 23.8 Å². The van der Waals surface area contributed by atoms with Crippen molar-refractivity contribution in [1.29, 1.82) is 0 Å². The minimum Gasteiger partial charge on any atom is -0.497 e. The Morgan fingerprint density at radius 3 is 2.29 bits per heavy atom. The Balaban J connectivity index is 2.15. The molecule has 1 aromatic heterocycles. The minimum absolute atomic E-state index is 0.746. The first-order valence-electron chi connectivity index (χ1n) is 7.87. The van der Waals surface area contributed by atoms with Crippen molar-refractivity contribution < 1.29 is 9.47 Å². The van der Waals surface area contributed by atoms with E-state index in [1.807, 2.05) is 31.4 Å². The van der Waals surface area contributed by atoms with Crippen LogP contribution in [-0.2, 0) is 7.05 Å². The molecule has 4 nitrogen and oxygen atoms in total. The number of methoxy groups -OCH3 is 2. The molecule has 0 N–H and O–H groups in total. The lowest BCUT2D eigenvalue weighted by molar-refractivity contribution is 0.395. The van der Waals surface area contributed by atoms with Gasteiger partial charge in [-0.05, 0) is 37.1 Å². The summed E-state index contributed by atoms with van der Waals surface area (Å²) >= 11 is 0. The van der Waals surface area contributed by atoms with Crippen LogP contribution in [0.5, 0.6) is 11.5 Å². The van der Waals surface area contributed by atoms with Crippen LogP contribution >= 0.6 is 0 Å². The van der Waals surface area contributed by atoms with Gasteiger partial charge in [-0.15, -0.1) is 0 Å². The zero-order chi connectivity index (χ0) is 17.3. The summed E-state index contributed by atoms with van der Waals surface area (Å²) in [6.07, 6.45) is 1.92. The van der Waals surface area contributed by atoms with Crippen molar-refractivity contribution in [3.63, 3.8) is 0 Å². The summed E-state index contributed by atoms with van der Waals surface area (Å²) in [5, 5.41) is 0. The molecular formula is C20H22N2O2.